The average molecular weight is 619 g/mol. The molecule has 9 heteroatoms. The Bertz CT molecular complexity index is 1590. The lowest BCUT2D eigenvalue weighted by atomic mass is 9.55. The highest BCUT2D eigenvalue weighted by atomic mass is 32.2. The number of nitrogens with one attached hydrogen (secondary N) is 2. The Kier molecular flexibility index (Phi) is 9.35. The number of anilines is 1. The SMILES string of the molecule is CCNC(=O)CC1(C)CC(C2Cc3cccc(c3)S(=O)(=O)Nc3nc(cc(-c4c(C)cccc4C)n3)OC[C@H]2CC(C)C)C1. The zero-order chi connectivity index (χ0) is 31.6. The zero-order valence-corrected chi connectivity index (χ0v) is 27.6. The van der Waals surface area contributed by atoms with Crippen molar-refractivity contribution >= 4 is 21.9 Å². The highest BCUT2D eigenvalue weighted by Crippen LogP contribution is 2.53. The minimum Gasteiger partial charge on any atom is -0.477 e. The highest BCUT2D eigenvalue weighted by molar-refractivity contribution is 7.92. The summed E-state index contributed by atoms with van der Waals surface area (Å²) >= 11 is 0. The number of hydrogen-bond donors (Lipinski definition) is 2. The van der Waals surface area contributed by atoms with Gasteiger partial charge >= 0.3 is 0 Å². The lowest BCUT2D eigenvalue weighted by molar-refractivity contribution is -0.126. The van der Waals surface area contributed by atoms with Crippen LogP contribution in [0.4, 0.5) is 5.95 Å². The molecule has 3 aromatic rings. The van der Waals surface area contributed by atoms with E-state index in [1.165, 1.54) is 0 Å². The number of carbonyl (C=O) groups is 1. The van der Waals surface area contributed by atoms with Crippen molar-refractivity contribution < 1.29 is 17.9 Å². The van der Waals surface area contributed by atoms with Crippen LogP contribution in [-0.2, 0) is 21.2 Å². The Morgan fingerprint density at radius 3 is 2.48 bits per heavy atom. The van der Waals surface area contributed by atoms with Gasteiger partial charge in [-0.05, 0) is 104 Å². The lowest BCUT2D eigenvalue weighted by Gasteiger charge is -2.50. The van der Waals surface area contributed by atoms with Crippen LogP contribution in [0.3, 0.4) is 0 Å². The summed E-state index contributed by atoms with van der Waals surface area (Å²) in [4.78, 5) is 21.8. The molecule has 1 fully saturated rings. The molecular formula is C35H46N4O4S. The zero-order valence-electron chi connectivity index (χ0n) is 26.8. The summed E-state index contributed by atoms with van der Waals surface area (Å²) in [6.45, 7) is 13.8. The van der Waals surface area contributed by atoms with Crippen LogP contribution >= 0.6 is 0 Å². The van der Waals surface area contributed by atoms with Gasteiger partial charge in [-0.25, -0.2) is 18.1 Å². The first-order valence-electron chi connectivity index (χ1n) is 15.8. The summed E-state index contributed by atoms with van der Waals surface area (Å²) in [6.07, 6.45) is 4.14. The molecule has 2 atom stereocenters. The van der Waals surface area contributed by atoms with Crippen LogP contribution in [0, 0.1) is 42.9 Å². The number of sulfonamides is 1. The van der Waals surface area contributed by atoms with E-state index < -0.39 is 10.0 Å². The van der Waals surface area contributed by atoms with Crippen LogP contribution < -0.4 is 14.8 Å². The molecule has 1 aliphatic carbocycles. The second-order valence-corrected chi connectivity index (χ2v) is 15.3. The number of carbonyl (C=O) groups excluding carboxylic acids is 1. The molecule has 0 saturated heterocycles. The van der Waals surface area contributed by atoms with E-state index in [-0.39, 0.29) is 34.0 Å². The summed E-state index contributed by atoms with van der Waals surface area (Å²) < 4.78 is 36.4. The molecule has 1 aliphatic heterocycles. The maximum absolute atomic E-state index is 13.6. The van der Waals surface area contributed by atoms with Crippen molar-refractivity contribution in [2.24, 2.45) is 29.1 Å². The van der Waals surface area contributed by atoms with Crippen LogP contribution in [0.15, 0.2) is 53.4 Å². The van der Waals surface area contributed by atoms with E-state index in [4.69, 9.17) is 4.74 Å². The molecule has 8 nitrogen and oxygen atoms in total. The number of fused-ring (bicyclic) bond motifs is 4. The molecule has 1 saturated carbocycles. The van der Waals surface area contributed by atoms with Crippen LogP contribution in [0.2, 0.25) is 0 Å². The number of nitrogens with zero attached hydrogens (tertiary/aromatic N) is 2. The molecule has 2 heterocycles. The van der Waals surface area contributed by atoms with E-state index in [9.17, 15) is 13.2 Å². The van der Waals surface area contributed by atoms with Crippen LogP contribution in [-0.4, -0.2) is 37.4 Å². The van der Waals surface area contributed by atoms with Crippen molar-refractivity contribution in [1.82, 2.24) is 15.3 Å². The van der Waals surface area contributed by atoms with Gasteiger partial charge in [0.2, 0.25) is 17.7 Å². The van der Waals surface area contributed by atoms with Crippen molar-refractivity contribution in [3.05, 3.63) is 65.2 Å². The third kappa shape index (κ3) is 7.25. The predicted octanol–water partition coefficient (Wildman–Crippen LogP) is 6.72. The van der Waals surface area contributed by atoms with Crippen molar-refractivity contribution in [2.75, 3.05) is 17.9 Å². The number of amides is 1. The normalized spacial score (nSPS) is 24.5. The standard InChI is InChI=1S/C35H46N4O4S/c1-7-36-31(40)20-35(6)18-27(19-35)29-16-25-12-9-13-28(15-25)44(41,42)39-34-37-30(33-23(4)10-8-11-24(33)5)17-32(38-34)43-21-26(29)14-22(2)3/h8-13,15,17,22,26-27,29H,7,14,16,18-21H2,1-6H3,(H,36,40)(H,37,38,39)/t26-,27?,29?,35?/m1/s1. The molecule has 4 bridgehead atoms. The fraction of sp³-hybridized carbons (Fsp3) is 0.514. The average Bonchev–Trinajstić information content (AvgIpc) is 2.92. The first-order valence-corrected chi connectivity index (χ1v) is 17.3. The maximum Gasteiger partial charge on any atom is 0.264 e. The van der Waals surface area contributed by atoms with Crippen LogP contribution in [0.1, 0.15) is 70.1 Å². The van der Waals surface area contributed by atoms with E-state index in [1.807, 2.05) is 57.2 Å². The second-order valence-electron chi connectivity index (χ2n) is 13.6. The van der Waals surface area contributed by atoms with Gasteiger partial charge in [-0.3, -0.25) is 4.79 Å². The Labute approximate surface area is 262 Å². The minimum absolute atomic E-state index is 0.0121. The quantitative estimate of drug-likeness (QED) is 0.304. The molecule has 236 valence electrons. The molecule has 1 aromatic heterocycles. The fourth-order valence-electron chi connectivity index (χ4n) is 7.37. The second kappa shape index (κ2) is 12.9. The molecule has 5 rings (SSSR count). The molecule has 44 heavy (non-hydrogen) atoms. The van der Waals surface area contributed by atoms with Gasteiger partial charge in [0.05, 0.1) is 17.2 Å². The summed E-state index contributed by atoms with van der Waals surface area (Å²) in [7, 11) is -3.95. The summed E-state index contributed by atoms with van der Waals surface area (Å²) in [6, 6.07) is 15.1. The van der Waals surface area contributed by atoms with E-state index >= 15 is 0 Å². The summed E-state index contributed by atoms with van der Waals surface area (Å²) in [5.74, 6) is 1.76. The molecular weight excluding hydrogens is 572 g/mol. The Morgan fingerprint density at radius 2 is 1.80 bits per heavy atom. The molecule has 2 N–H and O–H groups in total. The van der Waals surface area contributed by atoms with Gasteiger partial charge in [0, 0.05) is 24.6 Å². The Balaban J connectivity index is 1.55. The molecule has 1 amide bonds. The van der Waals surface area contributed by atoms with Gasteiger partial charge < -0.3 is 10.1 Å². The van der Waals surface area contributed by atoms with E-state index in [1.54, 1.807) is 12.1 Å². The molecule has 0 spiro atoms. The topological polar surface area (TPSA) is 110 Å². The van der Waals surface area contributed by atoms with Gasteiger partial charge in [-0.2, -0.15) is 4.98 Å². The molecule has 2 aliphatic rings. The van der Waals surface area contributed by atoms with Gasteiger partial charge in [0.25, 0.3) is 10.0 Å². The first-order chi connectivity index (χ1) is 20.9. The molecule has 0 radical (unpaired) electrons. The monoisotopic (exact) mass is 618 g/mol. The first kappa shape index (κ1) is 31.9. The van der Waals surface area contributed by atoms with Crippen molar-refractivity contribution in [3.8, 4) is 17.1 Å². The number of rotatable bonds is 7. The van der Waals surface area contributed by atoms with Crippen LogP contribution in [0.5, 0.6) is 5.88 Å². The molecule has 2 aromatic carbocycles. The van der Waals surface area contributed by atoms with E-state index in [0.29, 0.717) is 43.0 Å². The van der Waals surface area contributed by atoms with E-state index in [0.717, 1.165) is 47.9 Å². The molecule has 1 unspecified atom stereocenters. The number of aryl methyl sites for hydroxylation is 2. The van der Waals surface area contributed by atoms with Crippen LogP contribution in [0.25, 0.3) is 11.3 Å². The number of aromatic nitrogens is 2. The summed E-state index contributed by atoms with van der Waals surface area (Å²) in [5, 5.41) is 2.96. The van der Waals surface area contributed by atoms with Crippen molar-refractivity contribution in [1.29, 1.82) is 0 Å². The lowest BCUT2D eigenvalue weighted by Crippen LogP contribution is -2.45. The third-order valence-corrected chi connectivity index (χ3v) is 10.6. The van der Waals surface area contributed by atoms with Gasteiger partial charge in [0.15, 0.2) is 0 Å². The predicted molar refractivity (Wildman–Crippen MR) is 174 cm³/mol. The number of benzene rings is 2. The Morgan fingerprint density at radius 1 is 1.09 bits per heavy atom. The third-order valence-electron chi connectivity index (χ3n) is 9.25. The summed E-state index contributed by atoms with van der Waals surface area (Å²) in [5.41, 5.74) is 4.56. The number of hydrogen-bond acceptors (Lipinski definition) is 6. The van der Waals surface area contributed by atoms with Gasteiger partial charge in [-0.15, -0.1) is 0 Å². The highest BCUT2D eigenvalue weighted by Gasteiger charge is 2.46. The smallest absolute Gasteiger partial charge is 0.264 e. The van der Waals surface area contributed by atoms with E-state index in [2.05, 4.69) is 40.8 Å². The minimum atomic E-state index is -3.95. The van der Waals surface area contributed by atoms with Crippen molar-refractivity contribution in [3.63, 3.8) is 0 Å². The maximum atomic E-state index is 13.6. The van der Waals surface area contributed by atoms with Gasteiger partial charge in [-0.1, -0.05) is 51.1 Å². The largest absolute Gasteiger partial charge is 0.477 e. The fourth-order valence-corrected chi connectivity index (χ4v) is 8.38. The van der Waals surface area contributed by atoms with Crippen molar-refractivity contribution in [2.45, 2.75) is 78.5 Å². The Hall–Kier alpha value is -3.46. The van der Waals surface area contributed by atoms with Gasteiger partial charge in [0.1, 0.15) is 0 Å². The number of ether oxygens (including phenoxy) is 1.